The van der Waals surface area contributed by atoms with Gasteiger partial charge in [0.15, 0.2) is 0 Å². The zero-order chi connectivity index (χ0) is 15.4. The summed E-state index contributed by atoms with van der Waals surface area (Å²) in [5.41, 5.74) is 6.58. The van der Waals surface area contributed by atoms with Crippen molar-refractivity contribution in [2.75, 3.05) is 16.4 Å². The number of hydrogen-bond donors (Lipinski definition) is 4. The molecular formula is C14H12ClN3O3. The van der Waals surface area contributed by atoms with Crippen LogP contribution >= 0.6 is 11.6 Å². The van der Waals surface area contributed by atoms with Crippen LogP contribution in [0, 0.1) is 0 Å². The molecule has 7 heteroatoms. The smallest absolute Gasteiger partial charge is 0.314 e. The van der Waals surface area contributed by atoms with Gasteiger partial charge in [-0.2, -0.15) is 0 Å². The minimum absolute atomic E-state index is 0.0153. The van der Waals surface area contributed by atoms with Crippen molar-refractivity contribution in [2.45, 2.75) is 0 Å². The highest BCUT2D eigenvalue weighted by Crippen LogP contribution is 2.22. The fourth-order valence-electron chi connectivity index (χ4n) is 1.56. The minimum atomic E-state index is -0.867. The van der Waals surface area contributed by atoms with E-state index in [4.69, 9.17) is 17.3 Å². The molecule has 0 aliphatic rings. The van der Waals surface area contributed by atoms with Crippen LogP contribution in [0.25, 0.3) is 0 Å². The fourth-order valence-corrected chi connectivity index (χ4v) is 1.74. The van der Waals surface area contributed by atoms with E-state index in [1.54, 1.807) is 12.1 Å². The molecule has 0 aliphatic carbocycles. The first kappa shape index (κ1) is 14.7. The van der Waals surface area contributed by atoms with Crippen molar-refractivity contribution in [2.24, 2.45) is 0 Å². The van der Waals surface area contributed by atoms with E-state index in [0.29, 0.717) is 17.1 Å². The number of aromatic hydroxyl groups is 1. The van der Waals surface area contributed by atoms with Gasteiger partial charge in [0.1, 0.15) is 5.75 Å². The van der Waals surface area contributed by atoms with Crippen LogP contribution in [-0.2, 0) is 9.59 Å². The summed E-state index contributed by atoms with van der Waals surface area (Å²) < 4.78 is 0. The van der Waals surface area contributed by atoms with Gasteiger partial charge in [-0.25, -0.2) is 0 Å². The van der Waals surface area contributed by atoms with Crippen LogP contribution in [0.1, 0.15) is 0 Å². The molecule has 0 aliphatic heterocycles. The first-order valence-electron chi connectivity index (χ1n) is 5.92. The molecule has 0 aromatic heterocycles. The van der Waals surface area contributed by atoms with Gasteiger partial charge in [-0.05, 0) is 30.3 Å². The molecule has 2 aromatic rings. The van der Waals surface area contributed by atoms with Crippen LogP contribution in [-0.4, -0.2) is 16.9 Å². The van der Waals surface area contributed by atoms with Crippen LogP contribution in [0.2, 0.25) is 5.02 Å². The number of amides is 2. The SMILES string of the molecule is Nc1ccc(NC(=O)C(=O)Nc2cccc(O)c2)cc1Cl. The van der Waals surface area contributed by atoms with Gasteiger partial charge in [0, 0.05) is 17.4 Å². The number of hydrogen-bond acceptors (Lipinski definition) is 4. The van der Waals surface area contributed by atoms with Crippen LogP contribution < -0.4 is 16.4 Å². The maximum absolute atomic E-state index is 11.7. The summed E-state index contributed by atoms with van der Waals surface area (Å²) in [5, 5.41) is 14.3. The topological polar surface area (TPSA) is 104 Å². The van der Waals surface area contributed by atoms with Gasteiger partial charge in [-0.3, -0.25) is 9.59 Å². The van der Waals surface area contributed by atoms with Crippen molar-refractivity contribution in [3.05, 3.63) is 47.5 Å². The highest BCUT2D eigenvalue weighted by atomic mass is 35.5. The van der Waals surface area contributed by atoms with Gasteiger partial charge in [-0.1, -0.05) is 17.7 Å². The molecule has 2 aromatic carbocycles. The van der Waals surface area contributed by atoms with Gasteiger partial charge < -0.3 is 21.5 Å². The third-order valence-electron chi connectivity index (χ3n) is 2.57. The highest BCUT2D eigenvalue weighted by molar-refractivity contribution is 6.43. The third kappa shape index (κ3) is 3.87. The van der Waals surface area contributed by atoms with E-state index in [0.717, 1.165) is 0 Å². The molecule has 0 saturated heterocycles. The van der Waals surface area contributed by atoms with Gasteiger partial charge in [0.05, 0.1) is 10.7 Å². The van der Waals surface area contributed by atoms with E-state index in [1.165, 1.54) is 30.3 Å². The molecule has 5 N–H and O–H groups in total. The molecule has 0 spiro atoms. The molecule has 21 heavy (non-hydrogen) atoms. The molecule has 2 amide bonds. The van der Waals surface area contributed by atoms with Crippen molar-refractivity contribution in [1.82, 2.24) is 0 Å². The van der Waals surface area contributed by atoms with Crippen LogP contribution in [0.5, 0.6) is 5.75 Å². The Morgan fingerprint density at radius 1 is 1.00 bits per heavy atom. The summed E-state index contributed by atoms with van der Waals surface area (Å²) >= 11 is 5.82. The Labute approximate surface area is 125 Å². The number of nitrogen functional groups attached to an aromatic ring is 1. The number of nitrogens with one attached hydrogen (secondary N) is 2. The number of phenols is 1. The average molecular weight is 306 g/mol. The lowest BCUT2D eigenvalue weighted by Crippen LogP contribution is -2.29. The summed E-state index contributed by atoms with van der Waals surface area (Å²) in [4.78, 5) is 23.5. The summed E-state index contributed by atoms with van der Waals surface area (Å²) in [5.74, 6) is -1.74. The maximum atomic E-state index is 11.7. The first-order valence-corrected chi connectivity index (χ1v) is 6.30. The lowest BCUT2D eigenvalue weighted by Gasteiger charge is -2.07. The second kappa shape index (κ2) is 6.15. The molecule has 0 saturated carbocycles. The Balaban J connectivity index is 2.02. The van der Waals surface area contributed by atoms with Gasteiger partial charge in [0.2, 0.25) is 0 Å². The molecule has 0 radical (unpaired) electrons. The number of rotatable bonds is 2. The van der Waals surface area contributed by atoms with Crippen LogP contribution in [0.3, 0.4) is 0 Å². The Morgan fingerprint density at radius 3 is 2.19 bits per heavy atom. The number of carbonyl (C=O) groups is 2. The largest absolute Gasteiger partial charge is 0.508 e. The zero-order valence-electron chi connectivity index (χ0n) is 10.8. The molecule has 6 nitrogen and oxygen atoms in total. The van der Waals surface area contributed by atoms with Crippen LogP contribution in [0.15, 0.2) is 42.5 Å². The maximum Gasteiger partial charge on any atom is 0.314 e. The van der Waals surface area contributed by atoms with E-state index in [2.05, 4.69) is 10.6 Å². The number of benzene rings is 2. The second-order valence-electron chi connectivity index (χ2n) is 4.19. The monoisotopic (exact) mass is 305 g/mol. The van der Waals surface area contributed by atoms with Crippen molar-refractivity contribution < 1.29 is 14.7 Å². The number of nitrogens with two attached hydrogens (primary N) is 1. The van der Waals surface area contributed by atoms with Crippen molar-refractivity contribution >= 4 is 40.5 Å². The third-order valence-corrected chi connectivity index (χ3v) is 2.90. The summed E-state index contributed by atoms with van der Waals surface area (Å²) in [6.07, 6.45) is 0. The lowest BCUT2D eigenvalue weighted by atomic mass is 10.2. The standard InChI is InChI=1S/C14H12ClN3O3/c15-11-7-9(4-5-12(11)16)18-14(21)13(20)17-8-2-1-3-10(19)6-8/h1-7,19H,16H2,(H,17,20)(H,18,21). The summed E-state index contributed by atoms with van der Waals surface area (Å²) in [6.45, 7) is 0. The molecule has 0 fully saturated rings. The number of carbonyl (C=O) groups excluding carboxylic acids is 2. The molecular weight excluding hydrogens is 294 g/mol. The zero-order valence-corrected chi connectivity index (χ0v) is 11.5. The van der Waals surface area contributed by atoms with E-state index in [1.807, 2.05) is 0 Å². The van der Waals surface area contributed by atoms with E-state index in [-0.39, 0.29) is 10.8 Å². The van der Waals surface area contributed by atoms with Gasteiger partial charge >= 0.3 is 11.8 Å². The molecule has 108 valence electrons. The molecule has 0 heterocycles. The molecule has 0 bridgehead atoms. The second-order valence-corrected chi connectivity index (χ2v) is 4.60. The predicted molar refractivity (Wildman–Crippen MR) is 81.2 cm³/mol. The highest BCUT2D eigenvalue weighted by Gasteiger charge is 2.14. The Kier molecular flexibility index (Phi) is 4.30. The van der Waals surface area contributed by atoms with E-state index in [9.17, 15) is 14.7 Å². The van der Waals surface area contributed by atoms with Gasteiger partial charge in [-0.15, -0.1) is 0 Å². The Morgan fingerprint density at radius 2 is 1.62 bits per heavy atom. The summed E-state index contributed by atoms with van der Waals surface area (Å²) in [7, 11) is 0. The lowest BCUT2D eigenvalue weighted by molar-refractivity contribution is -0.132. The van der Waals surface area contributed by atoms with Crippen LogP contribution in [0.4, 0.5) is 17.1 Å². The molecule has 0 unspecified atom stereocenters. The van der Waals surface area contributed by atoms with Crippen molar-refractivity contribution in [3.63, 3.8) is 0 Å². The van der Waals surface area contributed by atoms with Gasteiger partial charge in [0.25, 0.3) is 0 Å². The number of anilines is 3. The normalized spacial score (nSPS) is 9.95. The first-order chi connectivity index (χ1) is 9.95. The van der Waals surface area contributed by atoms with E-state index < -0.39 is 11.8 Å². The Hall–Kier alpha value is -2.73. The Bertz CT molecular complexity index is 704. The quantitative estimate of drug-likeness (QED) is 0.504. The van der Waals surface area contributed by atoms with E-state index >= 15 is 0 Å². The summed E-state index contributed by atoms with van der Waals surface area (Å²) in [6, 6.07) is 10.4. The molecule has 2 rings (SSSR count). The predicted octanol–water partition coefficient (Wildman–Crippen LogP) is 2.21. The number of phenolic OH excluding ortho intramolecular Hbond substituents is 1. The fraction of sp³-hybridized carbons (Fsp3) is 0. The van der Waals surface area contributed by atoms with Crippen molar-refractivity contribution in [3.8, 4) is 5.75 Å². The molecule has 0 atom stereocenters. The van der Waals surface area contributed by atoms with Crippen molar-refractivity contribution in [1.29, 1.82) is 0 Å². The minimum Gasteiger partial charge on any atom is -0.508 e. The average Bonchev–Trinajstić information content (AvgIpc) is 2.43. The number of halogens is 1.